The Hall–Kier alpha value is -2.70. The maximum Gasteiger partial charge on any atom is 0.227 e. The van der Waals surface area contributed by atoms with E-state index in [0.717, 1.165) is 24.2 Å². The fraction of sp³-hybridized carbons (Fsp3) is 0.412. The highest BCUT2D eigenvalue weighted by Crippen LogP contribution is 2.27. The van der Waals surface area contributed by atoms with Crippen LogP contribution in [0.25, 0.3) is 0 Å². The summed E-state index contributed by atoms with van der Waals surface area (Å²) in [7, 11) is 0. The number of para-hydroxylation sites is 1. The number of hydrogen-bond donors (Lipinski definition) is 2. The van der Waals surface area contributed by atoms with E-state index in [1.807, 2.05) is 24.3 Å². The van der Waals surface area contributed by atoms with Gasteiger partial charge in [0.25, 0.3) is 0 Å². The molecule has 0 saturated carbocycles. The maximum atomic E-state index is 12.1. The molecule has 1 aromatic carbocycles. The second-order valence-electron chi connectivity index (χ2n) is 5.95. The van der Waals surface area contributed by atoms with Crippen LogP contribution in [0.15, 0.2) is 36.9 Å². The van der Waals surface area contributed by atoms with E-state index in [1.165, 1.54) is 6.33 Å². The van der Waals surface area contributed by atoms with Crippen LogP contribution in [0.3, 0.4) is 0 Å². The fourth-order valence-corrected chi connectivity index (χ4v) is 2.86. The standard InChI is InChI=1S/C17H21N5O2/c23-16(19-8-3-9-22-12-18-11-20-22)7-6-14-10-13-4-1-2-5-15(13)21-17(14)24/h1-2,4-5,11-12,14H,3,6-10H2,(H,19,23)(H,21,24). The van der Waals surface area contributed by atoms with Gasteiger partial charge in [-0.2, -0.15) is 5.10 Å². The number of rotatable bonds is 7. The Balaban J connectivity index is 1.37. The molecule has 2 N–H and O–H groups in total. The molecule has 1 aliphatic heterocycles. The lowest BCUT2D eigenvalue weighted by atomic mass is 9.89. The molecule has 3 rings (SSSR count). The number of aromatic nitrogens is 3. The third kappa shape index (κ3) is 4.18. The van der Waals surface area contributed by atoms with E-state index in [-0.39, 0.29) is 17.7 Å². The van der Waals surface area contributed by atoms with Gasteiger partial charge < -0.3 is 10.6 Å². The van der Waals surface area contributed by atoms with Crippen LogP contribution in [0.5, 0.6) is 0 Å². The second-order valence-corrected chi connectivity index (χ2v) is 5.95. The first-order valence-corrected chi connectivity index (χ1v) is 8.20. The van der Waals surface area contributed by atoms with E-state index in [0.29, 0.717) is 25.8 Å². The molecule has 2 aromatic rings. The van der Waals surface area contributed by atoms with Crippen molar-refractivity contribution in [2.45, 2.75) is 32.2 Å². The van der Waals surface area contributed by atoms with Gasteiger partial charge in [-0.1, -0.05) is 18.2 Å². The van der Waals surface area contributed by atoms with E-state index in [4.69, 9.17) is 0 Å². The lowest BCUT2D eigenvalue weighted by molar-refractivity contribution is -0.122. The summed E-state index contributed by atoms with van der Waals surface area (Å²) >= 11 is 0. The number of carbonyl (C=O) groups excluding carboxylic acids is 2. The molecule has 0 fully saturated rings. The average molecular weight is 327 g/mol. The summed E-state index contributed by atoms with van der Waals surface area (Å²) in [6, 6.07) is 7.80. The number of aryl methyl sites for hydroxylation is 1. The molecule has 0 radical (unpaired) electrons. The number of amides is 2. The highest BCUT2D eigenvalue weighted by Gasteiger charge is 2.26. The molecule has 126 valence electrons. The number of nitrogens with zero attached hydrogens (tertiary/aromatic N) is 3. The summed E-state index contributed by atoms with van der Waals surface area (Å²) in [5, 5.41) is 9.81. The van der Waals surface area contributed by atoms with Crippen LogP contribution in [-0.2, 0) is 22.6 Å². The van der Waals surface area contributed by atoms with Crippen molar-refractivity contribution in [3.05, 3.63) is 42.5 Å². The van der Waals surface area contributed by atoms with Crippen molar-refractivity contribution in [2.24, 2.45) is 5.92 Å². The van der Waals surface area contributed by atoms with Gasteiger partial charge in [0.1, 0.15) is 12.7 Å². The summed E-state index contributed by atoms with van der Waals surface area (Å²) in [4.78, 5) is 27.9. The Kier molecular flexibility index (Phi) is 5.20. The summed E-state index contributed by atoms with van der Waals surface area (Å²) in [6.07, 6.45) is 5.57. The van der Waals surface area contributed by atoms with E-state index in [9.17, 15) is 9.59 Å². The zero-order valence-corrected chi connectivity index (χ0v) is 13.4. The van der Waals surface area contributed by atoms with Crippen LogP contribution in [0.1, 0.15) is 24.8 Å². The molecule has 0 aliphatic carbocycles. The highest BCUT2D eigenvalue weighted by atomic mass is 16.2. The molecule has 7 nitrogen and oxygen atoms in total. The molecule has 1 aromatic heterocycles. The van der Waals surface area contributed by atoms with Crippen molar-refractivity contribution in [3.63, 3.8) is 0 Å². The largest absolute Gasteiger partial charge is 0.356 e. The summed E-state index contributed by atoms with van der Waals surface area (Å²) in [5.74, 6) is -0.145. The van der Waals surface area contributed by atoms with Crippen LogP contribution in [-0.4, -0.2) is 33.1 Å². The van der Waals surface area contributed by atoms with Gasteiger partial charge in [0.2, 0.25) is 11.8 Å². The number of benzene rings is 1. The quantitative estimate of drug-likeness (QED) is 0.752. The Morgan fingerprint density at radius 1 is 1.38 bits per heavy atom. The third-order valence-corrected chi connectivity index (χ3v) is 4.18. The smallest absolute Gasteiger partial charge is 0.227 e. The molecule has 0 bridgehead atoms. The van der Waals surface area contributed by atoms with E-state index in [1.54, 1.807) is 11.0 Å². The van der Waals surface area contributed by atoms with Crippen molar-refractivity contribution in [1.82, 2.24) is 20.1 Å². The molecule has 2 amide bonds. The number of carbonyl (C=O) groups is 2. The Morgan fingerprint density at radius 2 is 2.25 bits per heavy atom. The van der Waals surface area contributed by atoms with Gasteiger partial charge in [-0.3, -0.25) is 14.3 Å². The zero-order chi connectivity index (χ0) is 16.8. The molecule has 1 aliphatic rings. The monoisotopic (exact) mass is 327 g/mol. The van der Waals surface area contributed by atoms with Crippen LogP contribution in [0, 0.1) is 5.92 Å². The Bertz CT molecular complexity index is 699. The van der Waals surface area contributed by atoms with Crippen molar-refractivity contribution < 1.29 is 9.59 Å². The molecule has 2 heterocycles. The molecular formula is C17H21N5O2. The average Bonchev–Trinajstić information content (AvgIpc) is 3.10. The van der Waals surface area contributed by atoms with E-state index in [2.05, 4.69) is 20.7 Å². The van der Waals surface area contributed by atoms with Crippen LogP contribution < -0.4 is 10.6 Å². The lowest BCUT2D eigenvalue weighted by Crippen LogP contribution is -2.32. The molecule has 1 unspecified atom stereocenters. The van der Waals surface area contributed by atoms with Crippen LogP contribution in [0.4, 0.5) is 5.69 Å². The molecule has 0 saturated heterocycles. The minimum absolute atomic E-state index is 0.00711. The van der Waals surface area contributed by atoms with Crippen molar-refractivity contribution in [2.75, 3.05) is 11.9 Å². The van der Waals surface area contributed by atoms with Crippen molar-refractivity contribution in [1.29, 1.82) is 0 Å². The molecule has 24 heavy (non-hydrogen) atoms. The number of hydrogen-bond acceptors (Lipinski definition) is 4. The second kappa shape index (κ2) is 7.72. The minimum atomic E-state index is -0.138. The number of nitrogens with one attached hydrogen (secondary N) is 2. The van der Waals surface area contributed by atoms with Crippen molar-refractivity contribution in [3.8, 4) is 0 Å². The SMILES string of the molecule is O=C(CCC1Cc2ccccc2NC1=O)NCCCn1cncn1. The first-order valence-electron chi connectivity index (χ1n) is 8.20. The lowest BCUT2D eigenvalue weighted by Gasteiger charge is -2.24. The first kappa shape index (κ1) is 16.2. The number of anilines is 1. The van der Waals surface area contributed by atoms with Crippen LogP contribution >= 0.6 is 0 Å². The fourth-order valence-electron chi connectivity index (χ4n) is 2.86. The number of fused-ring (bicyclic) bond motifs is 1. The van der Waals surface area contributed by atoms with E-state index < -0.39 is 0 Å². The highest BCUT2D eigenvalue weighted by molar-refractivity contribution is 5.96. The van der Waals surface area contributed by atoms with Gasteiger partial charge in [0.05, 0.1) is 0 Å². The summed E-state index contributed by atoms with van der Waals surface area (Å²) in [6.45, 7) is 1.32. The summed E-state index contributed by atoms with van der Waals surface area (Å²) in [5.41, 5.74) is 2.02. The third-order valence-electron chi connectivity index (χ3n) is 4.18. The molecule has 7 heteroatoms. The molecule has 0 spiro atoms. The van der Waals surface area contributed by atoms with Gasteiger partial charge in [0, 0.05) is 31.1 Å². The zero-order valence-electron chi connectivity index (χ0n) is 13.4. The topological polar surface area (TPSA) is 88.9 Å². The van der Waals surface area contributed by atoms with Crippen LogP contribution in [0.2, 0.25) is 0 Å². The Morgan fingerprint density at radius 3 is 3.08 bits per heavy atom. The van der Waals surface area contributed by atoms with Gasteiger partial charge >= 0.3 is 0 Å². The normalized spacial score (nSPS) is 16.3. The van der Waals surface area contributed by atoms with Gasteiger partial charge in [-0.15, -0.1) is 0 Å². The first-order chi connectivity index (χ1) is 11.7. The summed E-state index contributed by atoms with van der Waals surface area (Å²) < 4.78 is 1.73. The minimum Gasteiger partial charge on any atom is -0.356 e. The predicted octanol–water partition coefficient (Wildman–Crippen LogP) is 1.38. The molecule has 1 atom stereocenters. The van der Waals surface area contributed by atoms with E-state index >= 15 is 0 Å². The molecular weight excluding hydrogens is 306 g/mol. The van der Waals surface area contributed by atoms with Crippen molar-refractivity contribution >= 4 is 17.5 Å². The Labute approximate surface area is 140 Å². The van der Waals surface area contributed by atoms with Gasteiger partial charge in [-0.25, -0.2) is 4.98 Å². The van der Waals surface area contributed by atoms with Gasteiger partial charge in [-0.05, 0) is 30.9 Å². The van der Waals surface area contributed by atoms with Gasteiger partial charge in [0.15, 0.2) is 0 Å². The maximum absolute atomic E-state index is 12.1. The predicted molar refractivity (Wildman–Crippen MR) is 89.1 cm³/mol.